The molecular formula is C15H24ClNO. The van der Waals surface area contributed by atoms with Crippen molar-refractivity contribution in [2.45, 2.75) is 52.6 Å². The fourth-order valence-electron chi connectivity index (χ4n) is 1.92. The highest BCUT2D eigenvalue weighted by Gasteiger charge is 2.07. The third-order valence-electron chi connectivity index (χ3n) is 3.13. The Morgan fingerprint density at radius 2 is 1.94 bits per heavy atom. The minimum atomic E-state index is 0.195. The van der Waals surface area contributed by atoms with E-state index in [1.54, 1.807) is 6.07 Å². The molecule has 0 aliphatic rings. The number of phenols is 1. The molecule has 0 heterocycles. The Kier molecular flexibility index (Phi) is 6.51. The molecule has 0 aliphatic heterocycles. The number of halogens is 1. The topological polar surface area (TPSA) is 32.3 Å². The number of nitrogens with one attached hydrogen (secondary N) is 1. The Bertz CT molecular complexity index is 366. The standard InChI is InChI=1S/C15H24ClNO/c1-11(2)6-4-7-12(3)17-10-13-8-5-9-14(16)15(13)18/h5,8-9,11-12,17-18H,4,6-7,10H2,1-3H3. The molecule has 2 nitrogen and oxygen atoms in total. The summed E-state index contributed by atoms with van der Waals surface area (Å²) < 4.78 is 0. The maximum Gasteiger partial charge on any atom is 0.138 e. The second-order valence-corrected chi connectivity index (χ2v) is 5.76. The Labute approximate surface area is 115 Å². The van der Waals surface area contributed by atoms with Gasteiger partial charge < -0.3 is 10.4 Å². The Morgan fingerprint density at radius 1 is 1.22 bits per heavy atom. The van der Waals surface area contributed by atoms with Gasteiger partial charge in [0.25, 0.3) is 0 Å². The lowest BCUT2D eigenvalue weighted by Gasteiger charge is -2.15. The highest BCUT2D eigenvalue weighted by molar-refractivity contribution is 6.32. The first-order valence-corrected chi connectivity index (χ1v) is 7.08. The molecule has 0 amide bonds. The predicted octanol–water partition coefficient (Wildman–Crippen LogP) is 4.35. The summed E-state index contributed by atoms with van der Waals surface area (Å²) >= 11 is 5.87. The monoisotopic (exact) mass is 269 g/mol. The molecular weight excluding hydrogens is 246 g/mol. The van der Waals surface area contributed by atoms with Crippen molar-refractivity contribution in [2.24, 2.45) is 5.92 Å². The maximum atomic E-state index is 9.79. The highest BCUT2D eigenvalue weighted by Crippen LogP contribution is 2.26. The van der Waals surface area contributed by atoms with Crippen LogP contribution in [0, 0.1) is 5.92 Å². The summed E-state index contributed by atoms with van der Waals surface area (Å²) in [5.74, 6) is 0.968. The van der Waals surface area contributed by atoms with Crippen LogP contribution in [0.25, 0.3) is 0 Å². The summed E-state index contributed by atoms with van der Waals surface area (Å²) in [5, 5.41) is 13.6. The number of hydrogen-bond donors (Lipinski definition) is 2. The SMILES string of the molecule is CC(C)CCCC(C)NCc1cccc(Cl)c1O. The summed E-state index contributed by atoms with van der Waals surface area (Å²) in [5.41, 5.74) is 0.859. The molecule has 0 radical (unpaired) electrons. The molecule has 1 unspecified atom stereocenters. The van der Waals surface area contributed by atoms with Crippen LogP contribution in [0.15, 0.2) is 18.2 Å². The van der Waals surface area contributed by atoms with Crippen molar-refractivity contribution >= 4 is 11.6 Å². The molecule has 0 aliphatic carbocycles. The van der Waals surface area contributed by atoms with Crippen LogP contribution in [0.1, 0.15) is 45.6 Å². The third kappa shape index (κ3) is 5.28. The van der Waals surface area contributed by atoms with Crippen molar-refractivity contribution in [1.82, 2.24) is 5.32 Å². The van der Waals surface area contributed by atoms with Crippen LogP contribution in [-0.2, 0) is 6.54 Å². The Morgan fingerprint density at radius 3 is 2.61 bits per heavy atom. The van der Waals surface area contributed by atoms with Gasteiger partial charge in [-0.2, -0.15) is 0 Å². The lowest BCUT2D eigenvalue weighted by molar-refractivity contribution is 0.440. The van der Waals surface area contributed by atoms with Gasteiger partial charge in [-0.25, -0.2) is 0 Å². The van der Waals surface area contributed by atoms with E-state index in [0.717, 1.165) is 11.5 Å². The minimum absolute atomic E-state index is 0.195. The molecule has 0 bridgehead atoms. The van der Waals surface area contributed by atoms with Gasteiger partial charge in [0.05, 0.1) is 5.02 Å². The largest absolute Gasteiger partial charge is 0.506 e. The Balaban J connectivity index is 2.33. The van der Waals surface area contributed by atoms with E-state index in [1.165, 1.54) is 19.3 Å². The number of phenolic OH excluding ortho intramolecular Hbond substituents is 1. The molecule has 0 spiro atoms. The van der Waals surface area contributed by atoms with E-state index in [1.807, 2.05) is 12.1 Å². The van der Waals surface area contributed by atoms with Gasteiger partial charge in [0.1, 0.15) is 5.75 Å². The first-order chi connectivity index (χ1) is 8.50. The molecule has 1 aromatic rings. The van der Waals surface area contributed by atoms with Gasteiger partial charge in [-0.3, -0.25) is 0 Å². The van der Waals surface area contributed by atoms with Crippen LogP contribution in [-0.4, -0.2) is 11.1 Å². The van der Waals surface area contributed by atoms with Crippen LogP contribution in [0.3, 0.4) is 0 Å². The number of rotatable bonds is 7. The zero-order chi connectivity index (χ0) is 13.5. The molecule has 1 atom stereocenters. The molecule has 0 aromatic heterocycles. The van der Waals surface area contributed by atoms with E-state index in [0.29, 0.717) is 17.6 Å². The van der Waals surface area contributed by atoms with Crippen molar-refractivity contribution in [3.05, 3.63) is 28.8 Å². The van der Waals surface area contributed by atoms with Crippen molar-refractivity contribution in [3.63, 3.8) is 0 Å². The van der Waals surface area contributed by atoms with E-state index in [4.69, 9.17) is 11.6 Å². The summed E-state index contributed by atoms with van der Waals surface area (Å²) in [4.78, 5) is 0. The molecule has 18 heavy (non-hydrogen) atoms. The average Bonchev–Trinajstić information content (AvgIpc) is 2.30. The molecule has 102 valence electrons. The normalized spacial score (nSPS) is 12.9. The first-order valence-electron chi connectivity index (χ1n) is 6.70. The number of aromatic hydroxyl groups is 1. The van der Waals surface area contributed by atoms with Crippen molar-refractivity contribution in [3.8, 4) is 5.75 Å². The van der Waals surface area contributed by atoms with Crippen molar-refractivity contribution < 1.29 is 5.11 Å². The van der Waals surface area contributed by atoms with Crippen molar-refractivity contribution in [1.29, 1.82) is 0 Å². The second kappa shape index (κ2) is 7.65. The van der Waals surface area contributed by atoms with E-state index < -0.39 is 0 Å². The zero-order valence-corrected chi connectivity index (χ0v) is 12.3. The lowest BCUT2D eigenvalue weighted by atomic mass is 10.0. The smallest absolute Gasteiger partial charge is 0.138 e. The summed E-state index contributed by atoms with van der Waals surface area (Å²) in [6, 6.07) is 5.92. The summed E-state index contributed by atoms with van der Waals surface area (Å²) in [6.07, 6.45) is 3.68. The summed E-state index contributed by atoms with van der Waals surface area (Å²) in [6.45, 7) is 7.35. The highest BCUT2D eigenvalue weighted by atomic mass is 35.5. The van der Waals surface area contributed by atoms with Crippen molar-refractivity contribution in [2.75, 3.05) is 0 Å². The first kappa shape index (κ1) is 15.3. The van der Waals surface area contributed by atoms with Gasteiger partial charge in [0, 0.05) is 18.2 Å². The second-order valence-electron chi connectivity index (χ2n) is 5.35. The van der Waals surface area contributed by atoms with E-state index in [2.05, 4.69) is 26.1 Å². The maximum absolute atomic E-state index is 9.79. The predicted molar refractivity (Wildman–Crippen MR) is 78.1 cm³/mol. The van der Waals surface area contributed by atoms with Crippen LogP contribution in [0.2, 0.25) is 5.02 Å². The van der Waals surface area contributed by atoms with Gasteiger partial charge in [0.15, 0.2) is 0 Å². The molecule has 1 aromatic carbocycles. The quantitative estimate of drug-likeness (QED) is 0.771. The van der Waals surface area contributed by atoms with Gasteiger partial charge in [0.2, 0.25) is 0 Å². The molecule has 0 fully saturated rings. The molecule has 2 N–H and O–H groups in total. The lowest BCUT2D eigenvalue weighted by Crippen LogP contribution is -2.25. The number of hydrogen-bond acceptors (Lipinski definition) is 2. The van der Waals surface area contributed by atoms with Gasteiger partial charge in [-0.15, -0.1) is 0 Å². The van der Waals surface area contributed by atoms with Gasteiger partial charge in [-0.1, -0.05) is 50.4 Å². The van der Waals surface area contributed by atoms with E-state index in [-0.39, 0.29) is 5.75 Å². The van der Waals surface area contributed by atoms with Gasteiger partial charge >= 0.3 is 0 Å². The third-order valence-corrected chi connectivity index (χ3v) is 3.43. The fourth-order valence-corrected chi connectivity index (χ4v) is 2.12. The van der Waals surface area contributed by atoms with E-state index in [9.17, 15) is 5.11 Å². The number of para-hydroxylation sites is 1. The van der Waals surface area contributed by atoms with E-state index >= 15 is 0 Å². The van der Waals surface area contributed by atoms with Gasteiger partial charge in [-0.05, 0) is 25.3 Å². The average molecular weight is 270 g/mol. The molecule has 1 rings (SSSR count). The molecule has 0 saturated carbocycles. The number of benzene rings is 1. The van der Waals surface area contributed by atoms with Crippen LogP contribution in [0.5, 0.6) is 5.75 Å². The minimum Gasteiger partial charge on any atom is -0.506 e. The molecule has 3 heteroatoms. The van der Waals surface area contributed by atoms with Crippen LogP contribution in [0.4, 0.5) is 0 Å². The Hall–Kier alpha value is -0.730. The summed E-state index contributed by atoms with van der Waals surface area (Å²) in [7, 11) is 0. The zero-order valence-electron chi connectivity index (χ0n) is 11.5. The fraction of sp³-hybridized carbons (Fsp3) is 0.600. The van der Waals surface area contributed by atoms with Crippen LogP contribution < -0.4 is 5.32 Å². The van der Waals surface area contributed by atoms with Crippen LogP contribution >= 0.6 is 11.6 Å². The molecule has 0 saturated heterocycles.